The summed E-state index contributed by atoms with van der Waals surface area (Å²) in [5.74, 6) is -1.20. The molecule has 1 amide bonds. The minimum Gasteiger partial charge on any atom is -0.442 e. The predicted octanol–water partition coefficient (Wildman–Crippen LogP) is 1.50. The van der Waals surface area contributed by atoms with Gasteiger partial charge in [0, 0.05) is 6.20 Å². The maximum atomic E-state index is 11.6. The molecule has 1 atom stereocenters. The molecule has 7 nitrogen and oxygen atoms in total. The molecule has 100 valence electrons. The zero-order valence-corrected chi connectivity index (χ0v) is 10.8. The van der Waals surface area contributed by atoms with Gasteiger partial charge in [-0.2, -0.15) is 0 Å². The number of nitrogens with zero attached hydrogens (tertiary/aromatic N) is 1. The highest BCUT2D eigenvalue weighted by atomic mass is 16.7. The number of rotatable bonds is 2. The highest BCUT2D eigenvalue weighted by Gasteiger charge is 2.22. The van der Waals surface area contributed by atoms with Crippen LogP contribution in [0, 0.1) is 0 Å². The molecule has 0 aliphatic heterocycles. The van der Waals surface area contributed by atoms with Crippen molar-refractivity contribution in [1.29, 1.82) is 0 Å². The number of imidazole rings is 1. The molecule has 0 fully saturated rings. The molecule has 0 aliphatic carbocycles. The van der Waals surface area contributed by atoms with Gasteiger partial charge in [-0.1, -0.05) is 0 Å². The van der Waals surface area contributed by atoms with Crippen LogP contribution >= 0.6 is 0 Å². The molecular weight excluding hydrogens is 238 g/mol. The number of hydrogen-bond donors (Lipinski definition) is 2. The number of aromatic nitrogens is 2. The highest BCUT2D eigenvalue weighted by Crippen LogP contribution is 2.12. The normalized spacial score (nSPS) is 12.7. The summed E-state index contributed by atoms with van der Waals surface area (Å²) in [5.41, 5.74) is 1.82. The molecule has 0 aliphatic rings. The second-order valence-electron chi connectivity index (χ2n) is 4.74. The summed E-state index contributed by atoms with van der Waals surface area (Å²) in [4.78, 5) is 34.1. The lowest BCUT2D eigenvalue weighted by molar-refractivity contribution is -0.152. The summed E-state index contributed by atoms with van der Waals surface area (Å²) in [6.07, 6.45) is 2.23. The fourth-order valence-corrected chi connectivity index (χ4v) is 1.11. The largest absolute Gasteiger partial charge is 0.442 e. The zero-order valence-electron chi connectivity index (χ0n) is 10.8. The second-order valence-corrected chi connectivity index (χ2v) is 4.74. The monoisotopic (exact) mass is 255 g/mol. The molecule has 1 aromatic rings. The Morgan fingerprint density at radius 1 is 1.44 bits per heavy atom. The van der Waals surface area contributed by atoms with Crippen LogP contribution in [0.2, 0.25) is 0 Å². The lowest BCUT2D eigenvalue weighted by Gasteiger charge is -2.19. The van der Waals surface area contributed by atoms with E-state index in [1.165, 1.54) is 6.33 Å². The smallest absolute Gasteiger partial charge is 0.441 e. The molecule has 0 bridgehead atoms. The van der Waals surface area contributed by atoms with Gasteiger partial charge in [-0.25, -0.2) is 14.6 Å². The maximum Gasteiger partial charge on any atom is 0.441 e. The van der Waals surface area contributed by atoms with Crippen LogP contribution in [0.5, 0.6) is 0 Å². The van der Waals surface area contributed by atoms with E-state index in [9.17, 15) is 9.59 Å². The summed E-state index contributed by atoms with van der Waals surface area (Å²) in [6, 6.07) is 0. The second kappa shape index (κ2) is 5.52. The molecule has 0 saturated heterocycles. The van der Waals surface area contributed by atoms with Gasteiger partial charge < -0.3 is 14.6 Å². The Morgan fingerprint density at radius 3 is 2.61 bits per heavy atom. The Bertz CT molecular complexity index is 408. The van der Waals surface area contributed by atoms with E-state index in [1.54, 1.807) is 33.9 Å². The van der Waals surface area contributed by atoms with Gasteiger partial charge in [-0.05, 0) is 27.7 Å². The van der Waals surface area contributed by atoms with Crippen LogP contribution in [0.15, 0.2) is 12.5 Å². The van der Waals surface area contributed by atoms with Crippen LogP contribution in [0.4, 0.5) is 4.79 Å². The molecular formula is C11H17N3O4. The molecule has 18 heavy (non-hydrogen) atoms. The van der Waals surface area contributed by atoms with Gasteiger partial charge >= 0.3 is 12.1 Å². The first-order valence-corrected chi connectivity index (χ1v) is 5.48. The van der Waals surface area contributed by atoms with E-state index in [4.69, 9.17) is 4.74 Å². The minimum atomic E-state index is -0.815. The Hall–Kier alpha value is -2.05. The first-order valence-electron chi connectivity index (χ1n) is 5.48. The molecule has 1 rings (SSSR count). The van der Waals surface area contributed by atoms with E-state index in [1.807, 2.05) is 5.48 Å². The number of carbonyl (C=O) groups is 2. The standard InChI is InChI=1S/C11H17N3O4/c1-7(8-5-12-6-13-8)9(15)18-14-10(16)17-11(2,3)4/h5-7H,1-4H3,(H,12,13)(H,14,16). The molecule has 1 unspecified atom stereocenters. The van der Waals surface area contributed by atoms with Crippen LogP contribution in [-0.4, -0.2) is 27.6 Å². The van der Waals surface area contributed by atoms with E-state index in [0.29, 0.717) is 5.69 Å². The van der Waals surface area contributed by atoms with Crippen molar-refractivity contribution < 1.29 is 19.2 Å². The van der Waals surface area contributed by atoms with E-state index in [-0.39, 0.29) is 0 Å². The van der Waals surface area contributed by atoms with Crippen molar-refractivity contribution in [2.45, 2.75) is 39.2 Å². The first kappa shape index (κ1) is 14.0. The highest BCUT2D eigenvalue weighted by molar-refractivity contribution is 5.78. The topological polar surface area (TPSA) is 93.3 Å². The van der Waals surface area contributed by atoms with Crippen molar-refractivity contribution in [2.24, 2.45) is 0 Å². The Balaban J connectivity index is 2.40. The molecule has 1 heterocycles. The third-order valence-corrected chi connectivity index (χ3v) is 1.95. The minimum absolute atomic E-state index is 0.533. The molecule has 0 saturated carbocycles. The fraction of sp³-hybridized carbons (Fsp3) is 0.545. The van der Waals surface area contributed by atoms with E-state index < -0.39 is 23.6 Å². The number of hydrogen-bond acceptors (Lipinski definition) is 5. The number of H-pyrrole nitrogens is 1. The van der Waals surface area contributed by atoms with Gasteiger partial charge in [0.2, 0.25) is 0 Å². The number of nitrogens with one attached hydrogen (secondary N) is 2. The summed E-state index contributed by atoms with van der Waals surface area (Å²) < 4.78 is 4.91. The van der Waals surface area contributed by atoms with Crippen molar-refractivity contribution in [3.8, 4) is 0 Å². The summed E-state index contributed by atoms with van der Waals surface area (Å²) in [5, 5.41) is 0. The van der Waals surface area contributed by atoms with Crippen molar-refractivity contribution in [3.05, 3.63) is 18.2 Å². The molecule has 1 aromatic heterocycles. The number of ether oxygens (including phenoxy) is 1. The Labute approximate surface area is 105 Å². The number of hydroxylamine groups is 1. The average Bonchev–Trinajstić information content (AvgIpc) is 2.75. The number of aromatic amines is 1. The van der Waals surface area contributed by atoms with Crippen LogP contribution in [-0.2, 0) is 14.4 Å². The quantitative estimate of drug-likeness (QED) is 0.781. The first-order chi connectivity index (χ1) is 8.29. The Kier molecular flexibility index (Phi) is 4.30. The van der Waals surface area contributed by atoms with Crippen molar-refractivity contribution >= 4 is 12.1 Å². The van der Waals surface area contributed by atoms with Gasteiger partial charge in [0.05, 0.1) is 12.0 Å². The SMILES string of the molecule is CC(C(=O)ONC(=O)OC(C)(C)C)c1c[nH]cn1. The number of amides is 1. The molecule has 0 spiro atoms. The van der Waals surface area contributed by atoms with E-state index in [2.05, 4.69) is 14.8 Å². The van der Waals surface area contributed by atoms with Crippen LogP contribution < -0.4 is 5.48 Å². The van der Waals surface area contributed by atoms with Gasteiger partial charge in [0.15, 0.2) is 0 Å². The van der Waals surface area contributed by atoms with Crippen LogP contribution in [0.25, 0.3) is 0 Å². The van der Waals surface area contributed by atoms with Crippen LogP contribution in [0.3, 0.4) is 0 Å². The van der Waals surface area contributed by atoms with Crippen molar-refractivity contribution in [3.63, 3.8) is 0 Å². The van der Waals surface area contributed by atoms with Crippen molar-refractivity contribution in [2.75, 3.05) is 0 Å². The van der Waals surface area contributed by atoms with E-state index in [0.717, 1.165) is 0 Å². The van der Waals surface area contributed by atoms with Gasteiger partial charge in [0.25, 0.3) is 0 Å². The molecule has 0 radical (unpaired) electrons. The van der Waals surface area contributed by atoms with Crippen LogP contribution in [0.1, 0.15) is 39.3 Å². The third-order valence-electron chi connectivity index (χ3n) is 1.95. The maximum absolute atomic E-state index is 11.6. The van der Waals surface area contributed by atoms with Gasteiger partial charge in [0.1, 0.15) is 11.5 Å². The van der Waals surface area contributed by atoms with Gasteiger partial charge in [-0.15, -0.1) is 5.48 Å². The fourth-order valence-electron chi connectivity index (χ4n) is 1.11. The summed E-state index contributed by atoms with van der Waals surface area (Å²) in [6.45, 7) is 6.75. The summed E-state index contributed by atoms with van der Waals surface area (Å²) in [7, 11) is 0. The predicted molar refractivity (Wildman–Crippen MR) is 62.5 cm³/mol. The average molecular weight is 255 g/mol. The van der Waals surface area contributed by atoms with Crippen molar-refractivity contribution in [1.82, 2.24) is 15.4 Å². The molecule has 2 N–H and O–H groups in total. The summed E-state index contributed by atoms with van der Waals surface area (Å²) >= 11 is 0. The number of carbonyl (C=O) groups excluding carboxylic acids is 2. The lowest BCUT2D eigenvalue weighted by atomic mass is 10.1. The van der Waals surface area contributed by atoms with E-state index >= 15 is 0 Å². The van der Waals surface area contributed by atoms with Gasteiger partial charge in [-0.3, -0.25) is 0 Å². The lowest BCUT2D eigenvalue weighted by Crippen LogP contribution is -2.35. The molecule has 0 aromatic carbocycles. The third kappa shape index (κ3) is 4.44. The zero-order chi connectivity index (χ0) is 13.8. The Morgan fingerprint density at radius 2 is 2.11 bits per heavy atom. The molecule has 7 heteroatoms.